The number of nitrogens with one attached hydrogen (secondary N) is 2. The minimum atomic E-state index is -3.64. The zero-order valence-corrected chi connectivity index (χ0v) is 15.9. The van der Waals surface area contributed by atoms with E-state index in [9.17, 15) is 13.2 Å². The molecule has 0 bridgehead atoms. The summed E-state index contributed by atoms with van der Waals surface area (Å²) < 4.78 is 32.8. The van der Waals surface area contributed by atoms with Gasteiger partial charge in [-0.2, -0.15) is 0 Å². The molecule has 0 spiro atoms. The van der Waals surface area contributed by atoms with Crippen LogP contribution in [0.1, 0.15) is 4.88 Å². The Morgan fingerprint density at radius 1 is 1.31 bits per heavy atom. The van der Waals surface area contributed by atoms with Gasteiger partial charge in [0.1, 0.15) is 9.96 Å². The lowest BCUT2D eigenvalue weighted by atomic mass is 10.1. The molecule has 0 aliphatic carbocycles. The summed E-state index contributed by atoms with van der Waals surface area (Å²) in [6, 6.07) is 8.59. The van der Waals surface area contributed by atoms with Crippen LogP contribution < -0.4 is 14.8 Å². The van der Waals surface area contributed by atoms with Crippen molar-refractivity contribution in [2.24, 2.45) is 0 Å². The number of sulfonamides is 1. The van der Waals surface area contributed by atoms with Crippen molar-refractivity contribution in [2.45, 2.75) is 11.1 Å². The summed E-state index contributed by atoms with van der Waals surface area (Å²) in [4.78, 5) is 16.8. The molecular weight excluding hydrogens is 394 g/mol. The standard InChI is InChI=1S/C16H13N3O4S3/c1-9-15(10-4-5-12-11(7-10)17-13(20)8-23-12)18-16(25-9)19-26(21,22)14-3-2-6-24-14/h2-7H,8H2,1H3,(H,17,20)(H,18,19). The van der Waals surface area contributed by atoms with E-state index in [-0.39, 0.29) is 16.7 Å². The van der Waals surface area contributed by atoms with Crippen molar-refractivity contribution in [1.82, 2.24) is 4.98 Å². The van der Waals surface area contributed by atoms with Gasteiger partial charge < -0.3 is 10.1 Å². The number of hydrogen-bond donors (Lipinski definition) is 2. The summed E-state index contributed by atoms with van der Waals surface area (Å²) >= 11 is 2.40. The summed E-state index contributed by atoms with van der Waals surface area (Å²) in [5.41, 5.74) is 2.00. The van der Waals surface area contributed by atoms with Crippen molar-refractivity contribution in [3.8, 4) is 17.0 Å². The molecule has 0 saturated heterocycles. The van der Waals surface area contributed by atoms with Crippen molar-refractivity contribution >= 4 is 49.4 Å². The molecule has 7 nitrogen and oxygen atoms in total. The number of rotatable bonds is 4. The summed E-state index contributed by atoms with van der Waals surface area (Å²) in [5, 5.41) is 4.75. The minimum Gasteiger partial charge on any atom is -0.482 e. The number of aromatic nitrogens is 1. The SMILES string of the molecule is Cc1sc(NS(=O)(=O)c2cccs2)nc1-c1ccc2c(c1)NC(=O)CO2. The topological polar surface area (TPSA) is 97.4 Å². The number of anilines is 2. The van der Waals surface area contributed by atoms with Gasteiger partial charge in [-0.1, -0.05) is 6.07 Å². The van der Waals surface area contributed by atoms with Crippen LogP contribution in [-0.4, -0.2) is 25.9 Å². The van der Waals surface area contributed by atoms with Crippen molar-refractivity contribution in [3.05, 3.63) is 40.6 Å². The highest BCUT2D eigenvalue weighted by atomic mass is 32.2. The van der Waals surface area contributed by atoms with Crippen molar-refractivity contribution in [1.29, 1.82) is 0 Å². The monoisotopic (exact) mass is 407 g/mol. The van der Waals surface area contributed by atoms with E-state index < -0.39 is 10.0 Å². The second-order valence-electron chi connectivity index (χ2n) is 5.51. The molecule has 2 N–H and O–H groups in total. The average molecular weight is 407 g/mol. The number of thiophene rings is 1. The molecule has 2 aromatic heterocycles. The zero-order valence-electron chi connectivity index (χ0n) is 13.5. The van der Waals surface area contributed by atoms with Gasteiger partial charge in [0.25, 0.3) is 15.9 Å². The summed E-state index contributed by atoms with van der Waals surface area (Å²) in [6.45, 7) is 1.86. The van der Waals surface area contributed by atoms with Gasteiger partial charge in [-0.3, -0.25) is 9.52 Å². The molecular formula is C16H13N3O4S3. The second kappa shape index (κ2) is 6.38. The van der Waals surface area contributed by atoms with E-state index in [1.807, 2.05) is 13.0 Å². The van der Waals surface area contributed by atoms with Crippen LogP contribution in [0.2, 0.25) is 0 Å². The lowest BCUT2D eigenvalue weighted by molar-refractivity contribution is -0.118. The van der Waals surface area contributed by atoms with Crippen LogP contribution in [0.15, 0.2) is 39.9 Å². The number of hydrogen-bond acceptors (Lipinski definition) is 7. The highest BCUT2D eigenvalue weighted by Crippen LogP contribution is 2.36. The summed E-state index contributed by atoms with van der Waals surface area (Å²) in [5.74, 6) is 0.383. The van der Waals surface area contributed by atoms with Crippen LogP contribution >= 0.6 is 22.7 Å². The number of nitrogens with zero attached hydrogens (tertiary/aromatic N) is 1. The quantitative estimate of drug-likeness (QED) is 0.691. The third kappa shape index (κ3) is 3.18. The molecule has 4 rings (SSSR count). The molecule has 1 amide bonds. The molecule has 1 aliphatic rings. The highest BCUT2D eigenvalue weighted by molar-refractivity contribution is 7.94. The van der Waals surface area contributed by atoms with Crippen LogP contribution in [0, 0.1) is 6.92 Å². The van der Waals surface area contributed by atoms with E-state index in [0.29, 0.717) is 22.3 Å². The van der Waals surface area contributed by atoms with Crippen molar-refractivity contribution in [2.75, 3.05) is 16.6 Å². The predicted molar refractivity (Wildman–Crippen MR) is 102 cm³/mol. The van der Waals surface area contributed by atoms with Crippen molar-refractivity contribution < 1.29 is 17.9 Å². The smallest absolute Gasteiger partial charge is 0.273 e. The molecule has 0 fully saturated rings. The Morgan fingerprint density at radius 3 is 2.92 bits per heavy atom. The van der Waals surface area contributed by atoms with E-state index >= 15 is 0 Å². The first-order chi connectivity index (χ1) is 12.4. The Hall–Kier alpha value is -2.43. The van der Waals surface area contributed by atoms with Gasteiger partial charge in [0.2, 0.25) is 0 Å². The molecule has 0 unspecified atom stereocenters. The average Bonchev–Trinajstić information content (AvgIpc) is 3.24. The number of carbonyl (C=O) groups is 1. The van der Waals surface area contributed by atoms with Gasteiger partial charge >= 0.3 is 0 Å². The van der Waals surface area contributed by atoms with Gasteiger partial charge in [-0.15, -0.1) is 22.7 Å². The van der Waals surface area contributed by atoms with Gasteiger partial charge in [-0.05, 0) is 36.6 Å². The minimum absolute atomic E-state index is 0.00325. The molecule has 0 saturated carbocycles. The van der Waals surface area contributed by atoms with Crippen LogP contribution in [0.4, 0.5) is 10.8 Å². The highest BCUT2D eigenvalue weighted by Gasteiger charge is 2.21. The molecule has 10 heteroatoms. The first-order valence-corrected chi connectivity index (χ1v) is 10.7. The van der Waals surface area contributed by atoms with Crippen LogP contribution in [0.25, 0.3) is 11.3 Å². The van der Waals surface area contributed by atoms with Gasteiger partial charge in [0, 0.05) is 10.4 Å². The molecule has 3 aromatic rings. The maximum atomic E-state index is 12.3. The number of ether oxygens (including phenoxy) is 1. The maximum Gasteiger partial charge on any atom is 0.273 e. The zero-order chi connectivity index (χ0) is 18.3. The van der Waals surface area contributed by atoms with E-state index in [1.54, 1.807) is 29.6 Å². The fourth-order valence-corrected chi connectivity index (χ4v) is 5.58. The number of amides is 1. The molecule has 3 heterocycles. The van der Waals surface area contributed by atoms with Gasteiger partial charge in [0.05, 0.1) is 11.4 Å². The van der Waals surface area contributed by atoms with E-state index in [0.717, 1.165) is 21.8 Å². The third-order valence-corrected chi connectivity index (χ3v) is 7.42. The Bertz CT molecular complexity index is 1090. The van der Waals surface area contributed by atoms with E-state index in [1.165, 1.54) is 11.3 Å². The Morgan fingerprint density at radius 2 is 2.15 bits per heavy atom. The Labute approximate surface area is 157 Å². The first kappa shape index (κ1) is 17.0. The maximum absolute atomic E-state index is 12.3. The first-order valence-electron chi connectivity index (χ1n) is 7.53. The normalized spacial score (nSPS) is 13.7. The number of thiazole rings is 1. The Balaban J connectivity index is 1.65. The van der Waals surface area contributed by atoms with Crippen molar-refractivity contribution in [3.63, 3.8) is 0 Å². The molecule has 1 aromatic carbocycles. The fraction of sp³-hybridized carbons (Fsp3) is 0.125. The van der Waals surface area contributed by atoms with Gasteiger partial charge in [-0.25, -0.2) is 13.4 Å². The molecule has 0 atom stereocenters. The number of carbonyl (C=O) groups excluding carboxylic acids is 1. The Kier molecular flexibility index (Phi) is 4.17. The fourth-order valence-electron chi connectivity index (χ4n) is 2.52. The van der Waals surface area contributed by atoms with Gasteiger partial charge in [0.15, 0.2) is 11.7 Å². The van der Waals surface area contributed by atoms with E-state index in [2.05, 4.69) is 15.0 Å². The largest absolute Gasteiger partial charge is 0.482 e. The number of benzene rings is 1. The number of aryl methyl sites for hydroxylation is 1. The third-order valence-electron chi connectivity index (χ3n) is 3.66. The molecule has 0 radical (unpaired) electrons. The summed E-state index contributed by atoms with van der Waals surface area (Å²) in [6.07, 6.45) is 0. The second-order valence-corrected chi connectivity index (χ2v) is 9.57. The molecule has 134 valence electrons. The number of fused-ring (bicyclic) bond motifs is 1. The predicted octanol–water partition coefficient (Wildman–Crippen LogP) is 3.31. The lowest BCUT2D eigenvalue weighted by Gasteiger charge is -2.18. The lowest BCUT2D eigenvalue weighted by Crippen LogP contribution is -2.25. The van der Waals surface area contributed by atoms with Crippen LogP contribution in [0.5, 0.6) is 5.75 Å². The van der Waals surface area contributed by atoms with Crippen LogP contribution in [0.3, 0.4) is 0 Å². The van der Waals surface area contributed by atoms with Crippen LogP contribution in [-0.2, 0) is 14.8 Å². The molecule has 26 heavy (non-hydrogen) atoms. The van der Waals surface area contributed by atoms with E-state index in [4.69, 9.17) is 4.74 Å². The summed E-state index contributed by atoms with van der Waals surface area (Å²) in [7, 11) is -3.64. The molecule has 1 aliphatic heterocycles.